The van der Waals surface area contributed by atoms with Crippen molar-refractivity contribution in [1.82, 2.24) is 4.57 Å². The molecule has 0 aliphatic heterocycles. The van der Waals surface area contributed by atoms with Gasteiger partial charge < -0.3 is 14.4 Å². The highest BCUT2D eigenvalue weighted by molar-refractivity contribution is 5.87. The number of carbonyl (C=O) groups is 1. The minimum atomic E-state index is -1.02. The normalized spacial score (nSPS) is 23.8. The lowest BCUT2D eigenvalue weighted by molar-refractivity contribution is 0.0681. The number of ether oxygens (including phenoxy) is 1. The van der Waals surface area contributed by atoms with Gasteiger partial charge >= 0.3 is 5.97 Å². The highest BCUT2D eigenvalue weighted by Crippen LogP contribution is 2.31. The van der Waals surface area contributed by atoms with E-state index in [0.29, 0.717) is 0 Å². The van der Waals surface area contributed by atoms with Crippen LogP contribution in [0.1, 0.15) is 35.7 Å². The standard InChI is InChI=1S/C12H15NO4/c1-17-10-4-2-3-9(10)13-7-8(12(15)16)5-6-11(13)14/h5-7,9-10H,2-4H2,1H3,(H,15,16). The van der Waals surface area contributed by atoms with Crippen LogP contribution in [0.15, 0.2) is 23.1 Å². The summed E-state index contributed by atoms with van der Waals surface area (Å²) in [5.74, 6) is -1.02. The molecule has 1 aliphatic carbocycles. The maximum Gasteiger partial charge on any atom is 0.337 e. The lowest BCUT2D eigenvalue weighted by Gasteiger charge is -2.20. The number of hydrogen-bond acceptors (Lipinski definition) is 3. The summed E-state index contributed by atoms with van der Waals surface area (Å²) >= 11 is 0. The summed E-state index contributed by atoms with van der Waals surface area (Å²) in [6.07, 6.45) is 4.16. The zero-order chi connectivity index (χ0) is 12.4. The first kappa shape index (κ1) is 11.9. The highest BCUT2D eigenvalue weighted by atomic mass is 16.5. The van der Waals surface area contributed by atoms with E-state index in [4.69, 9.17) is 9.84 Å². The smallest absolute Gasteiger partial charge is 0.337 e. The summed E-state index contributed by atoms with van der Waals surface area (Å²) in [5, 5.41) is 8.92. The SMILES string of the molecule is COC1CCCC1n1cc(C(=O)O)ccc1=O. The van der Waals surface area contributed by atoms with E-state index >= 15 is 0 Å². The predicted octanol–water partition coefficient (Wildman–Crippen LogP) is 1.29. The Morgan fingerprint density at radius 3 is 2.88 bits per heavy atom. The van der Waals surface area contributed by atoms with E-state index < -0.39 is 5.97 Å². The molecule has 1 aliphatic rings. The Morgan fingerprint density at radius 2 is 2.24 bits per heavy atom. The van der Waals surface area contributed by atoms with Crippen LogP contribution < -0.4 is 5.56 Å². The maximum absolute atomic E-state index is 11.8. The molecule has 0 bridgehead atoms. The van der Waals surface area contributed by atoms with Gasteiger partial charge in [0.15, 0.2) is 0 Å². The van der Waals surface area contributed by atoms with Gasteiger partial charge in [0, 0.05) is 19.4 Å². The van der Waals surface area contributed by atoms with Crippen molar-refractivity contribution in [3.8, 4) is 0 Å². The second kappa shape index (κ2) is 4.71. The van der Waals surface area contributed by atoms with Gasteiger partial charge in [0.05, 0.1) is 17.7 Å². The van der Waals surface area contributed by atoms with Crippen LogP contribution in [0.4, 0.5) is 0 Å². The summed E-state index contributed by atoms with van der Waals surface area (Å²) in [7, 11) is 1.62. The van der Waals surface area contributed by atoms with E-state index in [2.05, 4.69) is 0 Å². The lowest BCUT2D eigenvalue weighted by Crippen LogP contribution is -2.30. The molecular formula is C12H15NO4. The molecule has 0 radical (unpaired) electrons. The van der Waals surface area contributed by atoms with Gasteiger partial charge in [-0.3, -0.25) is 4.79 Å². The second-order valence-electron chi connectivity index (χ2n) is 4.24. The Bertz CT molecular complexity index is 480. The zero-order valence-electron chi connectivity index (χ0n) is 9.63. The number of rotatable bonds is 3. The number of carboxylic acids is 1. The van der Waals surface area contributed by atoms with Crippen molar-refractivity contribution in [2.24, 2.45) is 0 Å². The Hall–Kier alpha value is -1.62. The molecule has 0 amide bonds. The molecule has 2 atom stereocenters. The van der Waals surface area contributed by atoms with Crippen molar-refractivity contribution in [1.29, 1.82) is 0 Å². The number of pyridine rings is 1. The van der Waals surface area contributed by atoms with Gasteiger partial charge in [0.25, 0.3) is 5.56 Å². The molecule has 0 aromatic carbocycles. The first-order valence-electron chi connectivity index (χ1n) is 5.61. The van der Waals surface area contributed by atoms with Crippen LogP contribution in [-0.2, 0) is 4.74 Å². The molecule has 0 spiro atoms. The summed E-state index contributed by atoms with van der Waals surface area (Å²) in [4.78, 5) is 22.6. The fourth-order valence-corrected chi connectivity index (χ4v) is 2.39. The van der Waals surface area contributed by atoms with Crippen molar-refractivity contribution < 1.29 is 14.6 Å². The number of carboxylic acid groups (broad SMARTS) is 1. The van der Waals surface area contributed by atoms with Crippen LogP contribution in [0.3, 0.4) is 0 Å². The molecule has 1 aromatic heterocycles. The van der Waals surface area contributed by atoms with Crippen LogP contribution in [-0.4, -0.2) is 28.9 Å². The third kappa shape index (κ3) is 2.24. The third-order valence-corrected chi connectivity index (χ3v) is 3.26. The molecule has 1 aromatic rings. The van der Waals surface area contributed by atoms with Gasteiger partial charge in [-0.1, -0.05) is 0 Å². The maximum atomic E-state index is 11.8. The van der Waals surface area contributed by atoms with Crippen LogP contribution in [0.5, 0.6) is 0 Å². The topological polar surface area (TPSA) is 68.5 Å². The number of aromatic carboxylic acids is 1. The van der Waals surface area contributed by atoms with Crippen molar-refractivity contribution in [2.75, 3.05) is 7.11 Å². The van der Waals surface area contributed by atoms with Gasteiger partial charge in [-0.2, -0.15) is 0 Å². The molecule has 1 fully saturated rings. The van der Waals surface area contributed by atoms with E-state index in [1.165, 1.54) is 22.9 Å². The number of aromatic nitrogens is 1. The lowest BCUT2D eigenvalue weighted by atomic mass is 10.2. The van der Waals surface area contributed by atoms with Crippen molar-refractivity contribution in [3.05, 3.63) is 34.2 Å². The average Bonchev–Trinajstić information content (AvgIpc) is 2.77. The van der Waals surface area contributed by atoms with Gasteiger partial charge in [-0.15, -0.1) is 0 Å². The largest absolute Gasteiger partial charge is 0.478 e. The van der Waals surface area contributed by atoms with Crippen LogP contribution in [0.25, 0.3) is 0 Å². The molecule has 5 heteroatoms. The Kier molecular flexibility index (Phi) is 3.28. The minimum absolute atomic E-state index is 0.00301. The molecule has 1 N–H and O–H groups in total. The Labute approximate surface area is 98.6 Å². The minimum Gasteiger partial charge on any atom is -0.478 e. The molecular weight excluding hydrogens is 222 g/mol. The molecule has 2 rings (SSSR count). The molecule has 1 saturated carbocycles. The first-order valence-corrected chi connectivity index (χ1v) is 5.61. The Morgan fingerprint density at radius 1 is 1.47 bits per heavy atom. The molecule has 5 nitrogen and oxygen atoms in total. The van der Waals surface area contributed by atoms with Gasteiger partial charge in [-0.05, 0) is 25.3 Å². The monoisotopic (exact) mass is 237 g/mol. The summed E-state index contributed by atoms with van der Waals surface area (Å²) in [6.45, 7) is 0. The second-order valence-corrected chi connectivity index (χ2v) is 4.24. The number of nitrogens with zero attached hydrogens (tertiary/aromatic N) is 1. The highest BCUT2D eigenvalue weighted by Gasteiger charge is 2.29. The third-order valence-electron chi connectivity index (χ3n) is 3.26. The predicted molar refractivity (Wildman–Crippen MR) is 61.3 cm³/mol. The van der Waals surface area contributed by atoms with Gasteiger partial charge in [0.1, 0.15) is 0 Å². The van der Waals surface area contributed by atoms with Crippen LogP contribution in [0, 0.1) is 0 Å². The quantitative estimate of drug-likeness (QED) is 0.860. The van der Waals surface area contributed by atoms with E-state index in [-0.39, 0.29) is 23.3 Å². The van der Waals surface area contributed by atoms with Crippen molar-refractivity contribution in [3.63, 3.8) is 0 Å². The summed E-state index contributed by atoms with van der Waals surface area (Å²) in [5.41, 5.74) is -0.0460. The molecule has 2 unspecified atom stereocenters. The van der Waals surface area contributed by atoms with E-state index in [0.717, 1.165) is 19.3 Å². The molecule has 0 saturated heterocycles. The number of hydrogen-bond donors (Lipinski definition) is 1. The molecule has 92 valence electrons. The van der Waals surface area contributed by atoms with E-state index in [1.54, 1.807) is 7.11 Å². The molecule has 1 heterocycles. The fourth-order valence-electron chi connectivity index (χ4n) is 2.39. The van der Waals surface area contributed by atoms with Gasteiger partial charge in [-0.25, -0.2) is 4.79 Å². The fraction of sp³-hybridized carbons (Fsp3) is 0.500. The zero-order valence-corrected chi connectivity index (χ0v) is 9.63. The van der Waals surface area contributed by atoms with Crippen molar-refractivity contribution in [2.45, 2.75) is 31.4 Å². The Balaban J connectivity index is 2.40. The van der Waals surface area contributed by atoms with Crippen LogP contribution >= 0.6 is 0 Å². The molecule has 17 heavy (non-hydrogen) atoms. The first-order chi connectivity index (χ1) is 8.13. The van der Waals surface area contributed by atoms with Crippen molar-refractivity contribution >= 4 is 5.97 Å². The number of methoxy groups -OCH3 is 1. The summed E-state index contributed by atoms with van der Waals surface area (Å²) < 4.78 is 6.82. The summed E-state index contributed by atoms with van der Waals surface area (Å²) in [6, 6.07) is 2.58. The van der Waals surface area contributed by atoms with E-state index in [9.17, 15) is 9.59 Å². The van der Waals surface area contributed by atoms with Crippen LogP contribution in [0.2, 0.25) is 0 Å². The van der Waals surface area contributed by atoms with E-state index in [1.807, 2.05) is 0 Å². The van der Waals surface area contributed by atoms with Gasteiger partial charge in [0.2, 0.25) is 0 Å². The average molecular weight is 237 g/mol.